The van der Waals surface area contributed by atoms with Crippen LogP contribution in [0.4, 0.5) is 0 Å². The van der Waals surface area contributed by atoms with Gasteiger partial charge in [0.25, 0.3) is 0 Å². The standard InChI is InChI=1S/C20H28N2O2/c1-15(11-12-16-7-3-2-4-8-16)21-20(24)17-13-19(23)22(14-17)18-9-5-6-10-18/h2-4,7-8,15,17-18H,5-6,9-14H2,1H3,(H,21,24)/t15-,17-/m1/s1. The Labute approximate surface area is 144 Å². The van der Waals surface area contributed by atoms with Gasteiger partial charge < -0.3 is 10.2 Å². The molecule has 0 unspecified atom stereocenters. The molecule has 0 bridgehead atoms. The summed E-state index contributed by atoms with van der Waals surface area (Å²) >= 11 is 0. The molecule has 1 aromatic rings. The van der Waals surface area contributed by atoms with Gasteiger partial charge in [0.05, 0.1) is 5.92 Å². The molecule has 2 fully saturated rings. The average molecular weight is 328 g/mol. The second-order valence-corrected chi connectivity index (χ2v) is 7.32. The highest BCUT2D eigenvalue weighted by Gasteiger charge is 2.38. The van der Waals surface area contributed by atoms with Crippen LogP contribution in [-0.4, -0.2) is 35.3 Å². The Hall–Kier alpha value is -1.84. The molecule has 1 heterocycles. The monoisotopic (exact) mass is 328 g/mol. The van der Waals surface area contributed by atoms with Gasteiger partial charge in [-0.25, -0.2) is 0 Å². The Bertz CT molecular complexity index is 566. The molecular weight excluding hydrogens is 300 g/mol. The zero-order valence-electron chi connectivity index (χ0n) is 14.5. The summed E-state index contributed by atoms with van der Waals surface area (Å²) in [4.78, 5) is 26.7. The summed E-state index contributed by atoms with van der Waals surface area (Å²) in [5, 5.41) is 3.11. The maximum Gasteiger partial charge on any atom is 0.225 e. The van der Waals surface area contributed by atoms with Crippen LogP contribution in [0.3, 0.4) is 0 Å². The molecule has 1 saturated heterocycles. The van der Waals surface area contributed by atoms with Gasteiger partial charge in [0.2, 0.25) is 11.8 Å². The second-order valence-electron chi connectivity index (χ2n) is 7.32. The average Bonchev–Trinajstić information content (AvgIpc) is 3.23. The smallest absolute Gasteiger partial charge is 0.225 e. The van der Waals surface area contributed by atoms with Crippen LogP contribution in [0.2, 0.25) is 0 Å². The Kier molecular flexibility index (Phi) is 5.54. The predicted molar refractivity (Wildman–Crippen MR) is 94.4 cm³/mol. The molecule has 1 aliphatic carbocycles. The van der Waals surface area contributed by atoms with Gasteiger partial charge in [-0.15, -0.1) is 0 Å². The van der Waals surface area contributed by atoms with Gasteiger partial charge in [0, 0.05) is 25.0 Å². The number of aryl methyl sites for hydroxylation is 1. The highest BCUT2D eigenvalue weighted by molar-refractivity contribution is 5.89. The Balaban J connectivity index is 1.45. The van der Waals surface area contributed by atoms with E-state index in [1.54, 1.807) is 0 Å². The van der Waals surface area contributed by atoms with Crippen LogP contribution in [0.1, 0.15) is 51.0 Å². The van der Waals surface area contributed by atoms with Crippen molar-refractivity contribution in [2.24, 2.45) is 5.92 Å². The maximum absolute atomic E-state index is 12.5. The highest BCUT2D eigenvalue weighted by Crippen LogP contribution is 2.29. The third-order valence-corrected chi connectivity index (χ3v) is 5.39. The Morgan fingerprint density at radius 3 is 2.67 bits per heavy atom. The van der Waals surface area contributed by atoms with Gasteiger partial charge in [0.1, 0.15) is 0 Å². The van der Waals surface area contributed by atoms with E-state index in [-0.39, 0.29) is 23.8 Å². The molecule has 2 aliphatic rings. The SMILES string of the molecule is C[C@H](CCc1ccccc1)NC(=O)[C@@H]1CC(=O)N(C2CCCC2)C1. The zero-order valence-corrected chi connectivity index (χ0v) is 14.5. The fraction of sp³-hybridized carbons (Fsp3) is 0.600. The molecule has 130 valence electrons. The summed E-state index contributed by atoms with van der Waals surface area (Å²) in [6.07, 6.45) is 6.89. The van der Waals surface area contributed by atoms with Gasteiger partial charge in [-0.05, 0) is 38.2 Å². The molecule has 24 heavy (non-hydrogen) atoms. The van der Waals surface area contributed by atoms with E-state index >= 15 is 0 Å². The van der Waals surface area contributed by atoms with Crippen LogP contribution < -0.4 is 5.32 Å². The number of nitrogens with zero attached hydrogens (tertiary/aromatic N) is 1. The summed E-state index contributed by atoms with van der Waals surface area (Å²) in [7, 11) is 0. The number of nitrogens with one attached hydrogen (secondary N) is 1. The third-order valence-electron chi connectivity index (χ3n) is 5.39. The van der Waals surface area contributed by atoms with Crippen molar-refractivity contribution in [1.82, 2.24) is 10.2 Å². The van der Waals surface area contributed by atoms with Crippen molar-refractivity contribution in [3.8, 4) is 0 Å². The van der Waals surface area contributed by atoms with Crippen LogP contribution in [0.25, 0.3) is 0 Å². The van der Waals surface area contributed by atoms with Crippen LogP contribution in [0, 0.1) is 5.92 Å². The lowest BCUT2D eigenvalue weighted by atomic mass is 10.0. The number of rotatable bonds is 6. The lowest BCUT2D eigenvalue weighted by Crippen LogP contribution is -2.40. The number of hydrogen-bond donors (Lipinski definition) is 1. The van der Waals surface area contributed by atoms with Crippen molar-refractivity contribution < 1.29 is 9.59 Å². The van der Waals surface area contributed by atoms with Crippen molar-refractivity contribution in [2.75, 3.05) is 6.54 Å². The fourth-order valence-corrected chi connectivity index (χ4v) is 3.94. The van der Waals surface area contributed by atoms with E-state index in [2.05, 4.69) is 17.4 Å². The number of carbonyl (C=O) groups excluding carboxylic acids is 2. The highest BCUT2D eigenvalue weighted by atomic mass is 16.2. The molecule has 3 rings (SSSR count). The number of carbonyl (C=O) groups is 2. The zero-order chi connectivity index (χ0) is 16.9. The van der Waals surface area contributed by atoms with Crippen molar-refractivity contribution in [2.45, 2.75) is 64.0 Å². The third kappa shape index (κ3) is 4.16. The van der Waals surface area contributed by atoms with Gasteiger partial charge in [-0.3, -0.25) is 9.59 Å². The molecule has 0 spiro atoms. The minimum atomic E-state index is -0.169. The van der Waals surface area contributed by atoms with E-state index in [4.69, 9.17) is 0 Å². The molecule has 1 aliphatic heterocycles. The summed E-state index contributed by atoms with van der Waals surface area (Å²) in [6, 6.07) is 10.8. The minimum Gasteiger partial charge on any atom is -0.353 e. The molecule has 2 amide bonds. The van der Waals surface area contributed by atoms with Crippen molar-refractivity contribution >= 4 is 11.8 Å². The molecule has 1 aromatic carbocycles. The van der Waals surface area contributed by atoms with E-state index in [1.807, 2.05) is 30.0 Å². The summed E-state index contributed by atoms with van der Waals surface area (Å²) in [5.41, 5.74) is 1.29. The first kappa shape index (κ1) is 17.0. The van der Waals surface area contributed by atoms with E-state index < -0.39 is 0 Å². The summed E-state index contributed by atoms with van der Waals surface area (Å²) in [6.45, 7) is 2.66. The van der Waals surface area contributed by atoms with E-state index in [0.29, 0.717) is 19.0 Å². The largest absolute Gasteiger partial charge is 0.353 e. The molecule has 1 saturated carbocycles. The van der Waals surface area contributed by atoms with Crippen molar-refractivity contribution in [3.05, 3.63) is 35.9 Å². The molecule has 1 N–H and O–H groups in total. The first-order valence-electron chi connectivity index (χ1n) is 9.27. The van der Waals surface area contributed by atoms with Crippen molar-refractivity contribution in [1.29, 1.82) is 0 Å². The van der Waals surface area contributed by atoms with E-state index in [1.165, 1.54) is 18.4 Å². The van der Waals surface area contributed by atoms with Crippen LogP contribution in [-0.2, 0) is 16.0 Å². The molecule has 0 aromatic heterocycles. The van der Waals surface area contributed by atoms with Crippen molar-refractivity contribution in [3.63, 3.8) is 0 Å². The van der Waals surface area contributed by atoms with Crippen LogP contribution in [0.15, 0.2) is 30.3 Å². The lowest BCUT2D eigenvalue weighted by Gasteiger charge is -2.24. The maximum atomic E-state index is 12.5. The van der Waals surface area contributed by atoms with Crippen LogP contribution in [0.5, 0.6) is 0 Å². The minimum absolute atomic E-state index is 0.0457. The van der Waals surface area contributed by atoms with Gasteiger partial charge in [-0.2, -0.15) is 0 Å². The summed E-state index contributed by atoms with van der Waals surface area (Å²) in [5.74, 6) is 0.0423. The number of amides is 2. The lowest BCUT2D eigenvalue weighted by molar-refractivity contribution is -0.130. The molecule has 0 radical (unpaired) electrons. The number of hydrogen-bond acceptors (Lipinski definition) is 2. The van der Waals surface area contributed by atoms with Gasteiger partial charge >= 0.3 is 0 Å². The van der Waals surface area contributed by atoms with Gasteiger partial charge in [-0.1, -0.05) is 43.2 Å². The summed E-state index contributed by atoms with van der Waals surface area (Å²) < 4.78 is 0. The molecule has 4 nitrogen and oxygen atoms in total. The number of likely N-dealkylation sites (tertiary alicyclic amines) is 1. The first-order chi connectivity index (χ1) is 11.6. The molecule has 2 atom stereocenters. The molecular formula is C20H28N2O2. The van der Waals surface area contributed by atoms with E-state index in [9.17, 15) is 9.59 Å². The molecule has 4 heteroatoms. The second kappa shape index (κ2) is 7.82. The predicted octanol–water partition coefficient (Wildman–Crippen LogP) is 2.92. The normalized spacial score (nSPS) is 22.8. The van der Waals surface area contributed by atoms with E-state index in [0.717, 1.165) is 25.7 Å². The quantitative estimate of drug-likeness (QED) is 0.873. The Morgan fingerprint density at radius 1 is 1.25 bits per heavy atom. The fourth-order valence-electron chi connectivity index (χ4n) is 3.94. The Morgan fingerprint density at radius 2 is 1.96 bits per heavy atom. The van der Waals surface area contributed by atoms with Gasteiger partial charge in [0.15, 0.2) is 0 Å². The number of benzene rings is 1. The first-order valence-corrected chi connectivity index (χ1v) is 9.27. The topological polar surface area (TPSA) is 49.4 Å². The van der Waals surface area contributed by atoms with Crippen LogP contribution >= 0.6 is 0 Å².